The molecule has 1 aliphatic carbocycles. The van der Waals surface area contributed by atoms with E-state index >= 15 is 0 Å². The maximum Gasteiger partial charge on any atom is 0.289 e. The third-order valence-corrected chi connectivity index (χ3v) is 5.65. The molecule has 7 heteroatoms. The summed E-state index contributed by atoms with van der Waals surface area (Å²) < 4.78 is 5.87. The normalized spacial score (nSPS) is 13.1. The summed E-state index contributed by atoms with van der Waals surface area (Å²) in [7, 11) is 0. The van der Waals surface area contributed by atoms with Crippen LogP contribution in [0.1, 0.15) is 41.9 Å². The Morgan fingerprint density at radius 1 is 1.23 bits per heavy atom. The number of amides is 1. The van der Waals surface area contributed by atoms with Crippen molar-refractivity contribution in [3.05, 3.63) is 53.5 Å². The van der Waals surface area contributed by atoms with E-state index in [0.717, 1.165) is 54.7 Å². The molecular weight excluding hydrogens is 378 g/mol. The first kappa shape index (κ1) is 20.1. The standard InChI is InChI=1S/C23H27N5O2/c1-3-28(4-2)12-11-26-23(29)22-21(18-9-10-25-14-20(18)30-22)27-16-6-7-17-15(13-16)5-8-19(17)24/h6-7,9-10,13-14,24,27H,3-5,8,11-12H2,1-2H3,(H,26,29). The Bertz CT molecular complexity index is 1080. The Kier molecular flexibility index (Phi) is 5.81. The fourth-order valence-corrected chi connectivity index (χ4v) is 3.89. The highest BCUT2D eigenvalue weighted by molar-refractivity contribution is 6.07. The maximum atomic E-state index is 12.9. The van der Waals surface area contributed by atoms with E-state index in [-0.39, 0.29) is 11.7 Å². The van der Waals surface area contributed by atoms with Crippen molar-refractivity contribution in [3.63, 3.8) is 0 Å². The van der Waals surface area contributed by atoms with Crippen LogP contribution in [0.3, 0.4) is 0 Å². The van der Waals surface area contributed by atoms with E-state index in [1.54, 1.807) is 12.4 Å². The molecule has 1 amide bonds. The van der Waals surface area contributed by atoms with Crippen molar-refractivity contribution in [1.82, 2.24) is 15.2 Å². The van der Waals surface area contributed by atoms with Crippen molar-refractivity contribution in [2.24, 2.45) is 0 Å². The molecule has 2 heterocycles. The summed E-state index contributed by atoms with van der Waals surface area (Å²) >= 11 is 0. The quantitative estimate of drug-likeness (QED) is 0.527. The lowest BCUT2D eigenvalue weighted by Gasteiger charge is -2.17. The van der Waals surface area contributed by atoms with Crippen LogP contribution < -0.4 is 10.6 Å². The lowest BCUT2D eigenvalue weighted by atomic mass is 10.1. The number of aromatic nitrogens is 1. The van der Waals surface area contributed by atoms with Crippen molar-refractivity contribution >= 4 is 34.0 Å². The number of rotatable bonds is 8. The number of pyridine rings is 1. The van der Waals surface area contributed by atoms with Crippen LogP contribution in [0.15, 0.2) is 41.1 Å². The summed E-state index contributed by atoms with van der Waals surface area (Å²) in [5, 5.41) is 15.2. The van der Waals surface area contributed by atoms with Crippen LogP contribution in [0.25, 0.3) is 11.0 Å². The molecule has 7 nitrogen and oxygen atoms in total. The van der Waals surface area contributed by atoms with E-state index in [0.29, 0.717) is 23.5 Å². The largest absolute Gasteiger partial charge is 0.447 e. The maximum absolute atomic E-state index is 12.9. The molecule has 156 valence electrons. The molecule has 0 saturated carbocycles. The van der Waals surface area contributed by atoms with Gasteiger partial charge in [-0.25, -0.2) is 0 Å². The second kappa shape index (κ2) is 8.67. The number of nitrogens with zero attached hydrogens (tertiary/aromatic N) is 2. The highest BCUT2D eigenvalue weighted by Crippen LogP contribution is 2.34. The zero-order valence-electron chi connectivity index (χ0n) is 17.4. The molecule has 0 bridgehead atoms. The summed E-state index contributed by atoms with van der Waals surface area (Å²) in [6.45, 7) is 7.46. The van der Waals surface area contributed by atoms with Gasteiger partial charge in [-0.2, -0.15) is 0 Å². The van der Waals surface area contributed by atoms with Crippen LogP contribution in [0.2, 0.25) is 0 Å². The van der Waals surface area contributed by atoms with Gasteiger partial charge in [-0.3, -0.25) is 9.78 Å². The Morgan fingerprint density at radius 2 is 2.07 bits per heavy atom. The van der Waals surface area contributed by atoms with Gasteiger partial charge in [0.1, 0.15) is 0 Å². The zero-order chi connectivity index (χ0) is 21.1. The van der Waals surface area contributed by atoms with E-state index in [4.69, 9.17) is 9.83 Å². The Hall–Kier alpha value is -3.19. The molecule has 30 heavy (non-hydrogen) atoms. The molecule has 0 unspecified atom stereocenters. The number of fused-ring (bicyclic) bond motifs is 2. The Labute approximate surface area is 176 Å². The first-order chi connectivity index (χ1) is 14.6. The minimum absolute atomic E-state index is 0.246. The predicted octanol–water partition coefficient (Wildman–Crippen LogP) is 3.96. The average Bonchev–Trinajstić information content (AvgIpc) is 3.32. The summed E-state index contributed by atoms with van der Waals surface area (Å²) in [5.41, 5.74) is 4.93. The molecule has 4 rings (SSSR count). The number of hydrogen-bond donors (Lipinski definition) is 3. The second-order valence-electron chi connectivity index (χ2n) is 7.44. The molecule has 0 saturated heterocycles. The third kappa shape index (κ3) is 3.93. The molecular formula is C23H27N5O2. The highest BCUT2D eigenvalue weighted by Gasteiger charge is 2.22. The monoisotopic (exact) mass is 405 g/mol. The van der Waals surface area contributed by atoms with Crippen molar-refractivity contribution in [1.29, 1.82) is 5.41 Å². The number of aryl methyl sites for hydroxylation is 1. The van der Waals surface area contributed by atoms with Gasteiger partial charge in [-0.1, -0.05) is 19.9 Å². The van der Waals surface area contributed by atoms with E-state index in [1.165, 1.54) is 0 Å². The van der Waals surface area contributed by atoms with Gasteiger partial charge in [0, 0.05) is 36.1 Å². The molecule has 0 radical (unpaired) electrons. The third-order valence-electron chi connectivity index (χ3n) is 5.65. The van der Waals surface area contributed by atoms with Gasteiger partial charge < -0.3 is 25.4 Å². The first-order valence-electron chi connectivity index (χ1n) is 10.5. The lowest BCUT2D eigenvalue weighted by Crippen LogP contribution is -2.34. The van der Waals surface area contributed by atoms with Crippen LogP contribution in [0.4, 0.5) is 11.4 Å². The fourth-order valence-electron chi connectivity index (χ4n) is 3.89. The number of furan rings is 1. The van der Waals surface area contributed by atoms with Crippen LogP contribution in [0.5, 0.6) is 0 Å². The van der Waals surface area contributed by atoms with Gasteiger partial charge in [-0.05, 0) is 55.3 Å². The summed E-state index contributed by atoms with van der Waals surface area (Å²) in [6.07, 6.45) is 4.96. The van der Waals surface area contributed by atoms with Gasteiger partial charge >= 0.3 is 0 Å². The van der Waals surface area contributed by atoms with Gasteiger partial charge in [0.15, 0.2) is 5.58 Å². The summed E-state index contributed by atoms with van der Waals surface area (Å²) in [6, 6.07) is 7.82. The van der Waals surface area contributed by atoms with Crippen molar-refractivity contribution in [2.45, 2.75) is 26.7 Å². The predicted molar refractivity (Wildman–Crippen MR) is 119 cm³/mol. The number of carbonyl (C=O) groups is 1. The van der Waals surface area contributed by atoms with E-state index < -0.39 is 0 Å². The topological polar surface area (TPSA) is 94.2 Å². The average molecular weight is 406 g/mol. The molecule has 1 aliphatic rings. The minimum Gasteiger partial charge on any atom is -0.447 e. The van der Waals surface area contributed by atoms with Crippen LogP contribution in [-0.2, 0) is 6.42 Å². The molecule has 0 spiro atoms. The van der Waals surface area contributed by atoms with Crippen molar-refractivity contribution < 1.29 is 9.21 Å². The zero-order valence-corrected chi connectivity index (χ0v) is 17.4. The Morgan fingerprint density at radius 3 is 2.87 bits per heavy atom. The molecule has 3 N–H and O–H groups in total. The van der Waals surface area contributed by atoms with Gasteiger partial charge in [-0.15, -0.1) is 0 Å². The summed E-state index contributed by atoms with van der Waals surface area (Å²) in [5.74, 6) is 0.00887. The minimum atomic E-state index is -0.246. The molecule has 0 fully saturated rings. The van der Waals surface area contributed by atoms with Gasteiger partial charge in [0.25, 0.3) is 5.91 Å². The van der Waals surface area contributed by atoms with Crippen LogP contribution in [0, 0.1) is 5.41 Å². The molecule has 0 aliphatic heterocycles. The number of anilines is 2. The first-order valence-corrected chi connectivity index (χ1v) is 10.5. The highest BCUT2D eigenvalue weighted by atomic mass is 16.3. The number of likely N-dealkylation sites (N-methyl/N-ethyl adjacent to an activating group) is 1. The van der Waals surface area contributed by atoms with Crippen LogP contribution >= 0.6 is 0 Å². The van der Waals surface area contributed by atoms with Crippen molar-refractivity contribution in [2.75, 3.05) is 31.5 Å². The number of carbonyl (C=O) groups excluding carboxylic acids is 1. The van der Waals surface area contributed by atoms with Crippen LogP contribution in [-0.4, -0.2) is 47.7 Å². The van der Waals surface area contributed by atoms with Gasteiger partial charge in [0.2, 0.25) is 5.76 Å². The molecule has 1 aromatic carbocycles. The van der Waals surface area contributed by atoms with Gasteiger partial charge in [0.05, 0.1) is 11.9 Å². The van der Waals surface area contributed by atoms with Crippen molar-refractivity contribution in [3.8, 4) is 0 Å². The lowest BCUT2D eigenvalue weighted by molar-refractivity contribution is 0.0924. The summed E-state index contributed by atoms with van der Waals surface area (Å²) in [4.78, 5) is 19.3. The fraction of sp³-hybridized carbons (Fsp3) is 0.348. The SMILES string of the molecule is CCN(CC)CCNC(=O)c1oc2cnccc2c1Nc1ccc2c(c1)CCC2=N. The molecule has 3 aromatic rings. The second-order valence-corrected chi connectivity index (χ2v) is 7.44. The Balaban J connectivity index is 1.59. The molecule has 0 atom stereocenters. The van der Waals surface area contributed by atoms with E-state index in [9.17, 15) is 4.79 Å². The number of nitrogens with one attached hydrogen (secondary N) is 3. The van der Waals surface area contributed by atoms with E-state index in [2.05, 4.69) is 40.4 Å². The number of hydrogen-bond acceptors (Lipinski definition) is 6. The smallest absolute Gasteiger partial charge is 0.289 e. The van der Waals surface area contributed by atoms with E-state index in [1.807, 2.05) is 18.2 Å². The number of benzene rings is 1. The molecule has 2 aromatic heterocycles.